The molecule has 0 aliphatic carbocycles. The normalized spacial score (nSPS) is 10.7. The molecular formula is C17H17N5O4. The first-order chi connectivity index (χ1) is 12.6. The molecule has 134 valence electrons. The molecule has 9 nitrogen and oxygen atoms in total. The molecule has 0 fully saturated rings. The topological polar surface area (TPSA) is 105 Å². The molecule has 26 heavy (non-hydrogen) atoms. The second kappa shape index (κ2) is 7.60. The maximum Gasteiger partial charge on any atom is 0.368 e. The molecule has 0 amide bonds. The van der Waals surface area contributed by atoms with E-state index in [9.17, 15) is 14.9 Å². The van der Waals surface area contributed by atoms with Crippen LogP contribution < -0.4 is 10.4 Å². The van der Waals surface area contributed by atoms with Gasteiger partial charge in [-0.15, -0.1) is 0 Å². The Morgan fingerprint density at radius 3 is 2.38 bits per heavy atom. The Kier molecular flexibility index (Phi) is 5.07. The number of tetrazole rings is 1. The van der Waals surface area contributed by atoms with Crippen LogP contribution in [0.5, 0.6) is 5.75 Å². The summed E-state index contributed by atoms with van der Waals surface area (Å²) in [6, 6.07) is 13.3. The number of benzene rings is 2. The first kappa shape index (κ1) is 17.3. The predicted molar refractivity (Wildman–Crippen MR) is 93.6 cm³/mol. The highest BCUT2D eigenvalue weighted by atomic mass is 16.6. The van der Waals surface area contributed by atoms with Gasteiger partial charge in [-0.25, -0.2) is 4.79 Å². The van der Waals surface area contributed by atoms with E-state index in [-0.39, 0.29) is 11.4 Å². The molecule has 0 aliphatic heterocycles. The summed E-state index contributed by atoms with van der Waals surface area (Å²) in [4.78, 5) is 22.6. The molecule has 0 spiro atoms. The van der Waals surface area contributed by atoms with E-state index in [1.54, 1.807) is 7.11 Å². The highest BCUT2D eigenvalue weighted by Crippen LogP contribution is 2.14. The number of nitro benzene ring substituents is 1. The van der Waals surface area contributed by atoms with Crippen molar-refractivity contribution in [2.75, 3.05) is 7.11 Å². The Labute approximate surface area is 148 Å². The summed E-state index contributed by atoms with van der Waals surface area (Å²) >= 11 is 0. The number of non-ortho nitro benzene ring substituents is 1. The van der Waals surface area contributed by atoms with Gasteiger partial charge in [0.05, 0.1) is 17.7 Å². The average Bonchev–Trinajstić information content (AvgIpc) is 3.03. The largest absolute Gasteiger partial charge is 0.497 e. The minimum Gasteiger partial charge on any atom is -0.497 e. The molecule has 9 heteroatoms. The molecule has 0 aliphatic rings. The van der Waals surface area contributed by atoms with Crippen LogP contribution in [-0.2, 0) is 13.0 Å². The van der Waals surface area contributed by atoms with Crippen LogP contribution in [0, 0.1) is 10.1 Å². The van der Waals surface area contributed by atoms with Crippen LogP contribution >= 0.6 is 0 Å². The summed E-state index contributed by atoms with van der Waals surface area (Å²) in [5.41, 5.74) is 1.14. The number of nitrogens with zero attached hydrogens (tertiary/aromatic N) is 5. The molecular weight excluding hydrogens is 338 g/mol. The lowest BCUT2D eigenvalue weighted by Crippen LogP contribution is -2.24. The zero-order chi connectivity index (χ0) is 18.5. The van der Waals surface area contributed by atoms with Gasteiger partial charge in [-0.2, -0.15) is 9.36 Å². The van der Waals surface area contributed by atoms with Crippen LogP contribution in [0.3, 0.4) is 0 Å². The van der Waals surface area contributed by atoms with Crippen molar-refractivity contribution in [3.63, 3.8) is 0 Å². The van der Waals surface area contributed by atoms with E-state index in [1.165, 1.54) is 28.9 Å². The van der Waals surface area contributed by atoms with Crippen molar-refractivity contribution in [3.8, 4) is 11.4 Å². The van der Waals surface area contributed by atoms with Gasteiger partial charge in [-0.05, 0) is 53.1 Å². The first-order valence-corrected chi connectivity index (χ1v) is 7.99. The Hall–Kier alpha value is -3.49. The lowest BCUT2D eigenvalue weighted by atomic mass is 10.1. The van der Waals surface area contributed by atoms with E-state index in [0.29, 0.717) is 12.2 Å². The molecule has 2 aromatic carbocycles. The van der Waals surface area contributed by atoms with Crippen molar-refractivity contribution >= 4 is 5.69 Å². The second-order valence-corrected chi connectivity index (χ2v) is 5.62. The number of aryl methyl sites for hydroxylation is 2. The van der Waals surface area contributed by atoms with Crippen molar-refractivity contribution in [2.24, 2.45) is 0 Å². The number of hydrogen-bond acceptors (Lipinski definition) is 6. The smallest absolute Gasteiger partial charge is 0.368 e. The van der Waals surface area contributed by atoms with Gasteiger partial charge in [0.1, 0.15) is 5.75 Å². The predicted octanol–water partition coefficient (Wildman–Crippen LogP) is 1.98. The van der Waals surface area contributed by atoms with Gasteiger partial charge in [-0.1, -0.05) is 12.1 Å². The van der Waals surface area contributed by atoms with Crippen LogP contribution in [0.25, 0.3) is 5.69 Å². The number of aromatic nitrogens is 4. The van der Waals surface area contributed by atoms with Crippen LogP contribution in [0.1, 0.15) is 12.0 Å². The van der Waals surface area contributed by atoms with Gasteiger partial charge in [0.15, 0.2) is 0 Å². The highest BCUT2D eigenvalue weighted by Gasteiger charge is 2.11. The number of ether oxygens (including phenoxy) is 1. The van der Waals surface area contributed by atoms with Gasteiger partial charge in [0, 0.05) is 18.7 Å². The van der Waals surface area contributed by atoms with Crippen molar-refractivity contribution in [3.05, 3.63) is 74.7 Å². The summed E-state index contributed by atoms with van der Waals surface area (Å²) in [6.07, 6.45) is 1.52. The Bertz CT molecular complexity index is 945. The minimum atomic E-state index is -0.497. The quantitative estimate of drug-likeness (QED) is 0.474. The summed E-state index contributed by atoms with van der Waals surface area (Å²) in [7, 11) is 1.62. The molecule has 0 saturated heterocycles. The van der Waals surface area contributed by atoms with E-state index in [4.69, 9.17) is 4.74 Å². The number of rotatable bonds is 7. The van der Waals surface area contributed by atoms with Crippen molar-refractivity contribution in [1.82, 2.24) is 19.8 Å². The van der Waals surface area contributed by atoms with Crippen LogP contribution in [0.2, 0.25) is 0 Å². The van der Waals surface area contributed by atoms with Gasteiger partial charge in [0.2, 0.25) is 0 Å². The van der Waals surface area contributed by atoms with E-state index in [0.717, 1.165) is 28.8 Å². The molecule has 0 bridgehead atoms. The molecule has 0 radical (unpaired) electrons. The van der Waals surface area contributed by atoms with Crippen molar-refractivity contribution < 1.29 is 9.66 Å². The zero-order valence-corrected chi connectivity index (χ0v) is 14.1. The maximum atomic E-state index is 12.4. The lowest BCUT2D eigenvalue weighted by Gasteiger charge is -2.03. The van der Waals surface area contributed by atoms with Crippen molar-refractivity contribution in [1.29, 1.82) is 0 Å². The monoisotopic (exact) mass is 355 g/mol. The molecule has 0 atom stereocenters. The summed E-state index contributed by atoms with van der Waals surface area (Å²) < 4.78 is 7.52. The molecule has 1 aromatic heterocycles. The fraction of sp³-hybridized carbons (Fsp3) is 0.235. The molecule has 3 rings (SSSR count). The molecule has 0 unspecified atom stereocenters. The van der Waals surface area contributed by atoms with Crippen LogP contribution in [0.15, 0.2) is 53.3 Å². The van der Waals surface area contributed by atoms with Crippen LogP contribution in [-0.4, -0.2) is 31.8 Å². The summed E-state index contributed by atoms with van der Waals surface area (Å²) in [5, 5.41) is 18.4. The first-order valence-electron chi connectivity index (χ1n) is 7.99. The highest BCUT2D eigenvalue weighted by molar-refractivity contribution is 5.39. The SMILES string of the molecule is COc1ccc(CCCn2nnn(-c3ccc([N+](=O)[O-])cc3)c2=O)cc1. The fourth-order valence-electron chi connectivity index (χ4n) is 2.52. The van der Waals surface area contributed by atoms with Gasteiger partial charge in [-0.3, -0.25) is 10.1 Å². The van der Waals surface area contributed by atoms with Gasteiger partial charge >= 0.3 is 5.69 Å². The number of hydrogen-bond donors (Lipinski definition) is 0. The third-order valence-corrected chi connectivity index (χ3v) is 3.94. The zero-order valence-electron chi connectivity index (χ0n) is 14.1. The Morgan fingerprint density at radius 2 is 1.77 bits per heavy atom. The van der Waals surface area contributed by atoms with Gasteiger partial charge in [0.25, 0.3) is 5.69 Å². The standard InChI is InChI=1S/C17H17N5O4/c1-26-16-10-4-13(5-11-16)3-2-12-20-17(23)21(19-18-20)14-6-8-15(9-7-14)22(24)25/h4-11H,2-3,12H2,1H3. The third-order valence-electron chi connectivity index (χ3n) is 3.94. The molecule has 0 saturated carbocycles. The van der Waals surface area contributed by atoms with E-state index >= 15 is 0 Å². The third kappa shape index (κ3) is 3.77. The fourth-order valence-corrected chi connectivity index (χ4v) is 2.52. The molecule has 3 aromatic rings. The minimum absolute atomic E-state index is 0.0475. The molecule has 0 N–H and O–H groups in total. The van der Waals surface area contributed by atoms with E-state index < -0.39 is 4.92 Å². The second-order valence-electron chi connectivity index (χ2n) is 5.62. The van der Waals surface area contributed by atoms with E-state index in [2.05, 4.69) is 10.4 Å². The number of methoxy groups -OCH3 is 1. The Balaban J connectivity index is 1.65. The van der Waals surface area contributed by atoms with Crippen molar-refractivity contribution in [2.45, 2.75) is 19.4 Å². The molecule has 1 heterocycles. The van der Waals surface area contributed by atoms with E-state index in [1.807, 2.05) is 24.3 Å². The summed E-state index contributed by atoms with van der Waals surface area (Å²) in [5.74, 6) is 0.802. The Morgan fingerprint density at radius 1 is 1.08 bits per heavy atom. The average molecular weight is 355 g/mol. The maximum absolute atomic E-state index is 12.4. The lowest BCUT2D eigenvalue weighted by molar-refractivity contribution is -0.384. The number of nitro groups is 1. The summed E-state index contributed by atoms with van der Waals surface area (Å²) in [6.45, 7) is 0.428. The van der Waals surface area contributed by atoms with Gasteiger partial charge < -0.3 is 4.74 Å². The van der Waals surface area contributed by atoms with Crippen LogP contribution in [0.4, 0.5) is 5.69 Å².